The highest BCUT2D eigenvalue weighted by molar-refractivity contribution is 5.79. The Balaban J connectivity index is 2.45. The van der Waals surface area contributed by atoms with Crippen molar-refractivity contribution in [3.05, 3.63) is 17.0 Å². The van der Waals surface area contributed by atoms with Crippen LogP contribution in [0.2, 0.25) is 0 Å². The number of amides is 1. The van der Waals surface area contributed by atoms with Gasteiger partial charge in [0.1, 0.15) is 6.54 Å². The van der Waals surface area contributed by atoms with E-state index in [2.05, 4.69) is 10.4 Å². The Kier molecular flexibility index (Phi) is 7.24. The van der Waals surface area contributed by atoms with Crippen molar-refractivity contribution in [2.45, 2.75) is 58.7 Å². The first-order chi connectivity index (χ1) is 11.1. The second kappa shape index (κ2) is 8.70. The maximum absolute atomic E-state index is 12.5. The minimum Gasteiger partial charge on any atom is -0.481 e. The second-order valence-corrected chi connectivity index (χ2v) is 5.65. The zero-order valence-electron chi connectivity index (χ0n) is 13.7. The molecule has 0 atom stereocenters. The summed E-state index contributed by atoms with van der Waals surface area (Å²) in [5.74, 6) is -1.13. The molecule has 0 fully saturated rings. The molecule has 1 amide bonds. The molecule has 1 heterocycles. The number of aliphatic carboxylic acids is 1. The highest BCUT2D eigenvalue weighted by Gasteiger charge is 2.30. The minimum atomic E-state index is -4.36. The van der Waals surface area contributed by atoms with E-state index in [4.69, 9.17) is 5.11 Å². The van der Waals surface area contributed by atoms with Crippen LogP contribution in [0.3, 0.4) is 0 Å². The fraction of sp³-hybridized carbons (Fsp3) is 0.667. The van der Waals surface area contributed by atoms with Gasteiger partial charge >= 0.3 is 12.1 Å². The molecular weight excluding hydrogens is 327 g/mol. The number of hydrogen-bond donors (Lipinski definition) is 2. The molecule has 6 nitrogen and oxygen atoms in total. The van der Waals surface area contributed by atoms with Gasteiger partial charge in [-0.05, 0) is 26.7 Å². The van der Waals surface area contributed by atoms with Crippen molar-refractivity contribution < 1.29 is 27.9 Å². The number of alkyl halides is 3. The number of carbonyl (C=O) groups is 2. The van der Waals surface area contributed by atoms with Gasteiger partial charge in [-0.3, -0.25) is 14.3 Å². The van der Waals surface area contributed by atoms with E-state index in [1.807, 2.05) is 0 Å². The number of nitrogens with zero attached hydrogens (tertiary/aromatic N) is 2. The molecule has 1 aromatic heterocycles. The van der Waals surface area contributed by atoms with E-state index < -0.39 is 18.7 Å². The Morgan fingerprint density at radius 3 is 2.46 bits per heavy atom. The molecule has 0 aromatic carbocycles. The Morgan fingerprint density at radius 2 is 1.88 bits per heavy atom. The van der Waals surface area contributed by atoms with E-state index in [1.54, 1.807) is 6.92 Å². The molecule has 136 valence electrons. The van der Waals surface area contributed by atoms with Crippen LogP contribution >= 0.6 is 0 Å². The van der Waals surface area contributed by atoms with Crippen LogP contribution in [0.1, 0.15) is 42.6 Å². The van der Waals surface area contributed by atoms with Crippen molar-refractivity contribution in [3.8, 4) is 0 Å². The first-order valence-corrected chi connectivity index (χ1v) is 7.68. The lowest BCUT2D eigenvalue weighted by molar-refractivity contribution is -0.143. The van der Waals surface area contributed by atoms with Crippen molar-refractivity contribution in [2.24, 2.45) is 0 Å². The Bertz CT molecular complexity index is 582. The predicted molar refractivity (Wildman–Crippen MR) is 80.6 cm³/mol. The summed E-state index contributed by atoms with van der Waals surface area (Å²) in [5.41, 5.74) is 1.25. The summed E-state index contributed by atoms with van der Waals surface area (Å²) < 4.78 is 38.3. The smallest absolute Gasteiger partial charge is 0.408 e. The molecule has 0 aliphatic carbocycles. The zero-order valence-corrected chi connectivity index (χ0v) is 13.7. The Hall–Kier alpha value is -2.06. The van der Waals surface area contributed by atoms with Crippen LogP contribution in [0.4, 0.5) is 13.2 Å². The molecule has 0 bridgehead atoms. The number of nitrogens with one attached hydrogen (secondary N) is 1. The second-order valence-electron chi connectivity index (χ2n) is 5.65. The molecule has 2 N–H and O–H groups in total. The van der Waals surface area contributed by atoms with E-state index in [9.17, 15) is 22.8 Å². The molecule has 0 aliphatic rings. The molecule has 1 rings (SSSR count). The molecule has 0 spiro atoms. The van der Waals surface area contributed by atoms with Gasteiger partial charge in [0, 0.05) is 24.2 Å². The SMILES string of the molecule is Cc1nn(CC(F)(F)F)c(C)c1CC(=O)NCCCCCC(=O)O. The van der Waals surface area contributed by atoms with Gasteiger partial charge < -0.3 is 10.4 Å². The highest BCUT2D eigenvalue weighted by Crippen LogP contribution is 2.21. The van der Waals surface area contributed by atoms with Gasteiger partial charge in [0.25, 0.3) is 0 Å². The van der Waals surface area contributed by atoms with Crippen LogP contribution in [0, 0.1) is 13.8 Å². The first kappa shape index (κ1) is 20.0. The minimum absolute atomic E-state index is 0.0232. The number of carboxylic acids is 1. The molecule has 0 saturated carbocycles. The van der Waals surface area contributed by atoms with E-state index in [-0.39, 0.29) is 18.7 Å². The number of unbranched alkanes of at least 4 members (excludes halogenated alkanes) is 2. The van der Waals surface area contributed by atoms with Crippen molar-refractivity contribution in [1.82, 2.24) is 15.1 Å². The Morgan fingerprint density at radius 1 is 1.21 bits per heavy atom. The summed E-state index contributed by atoms with van der Waals surface area (Å²) in [5, 5.41) is 15.0. The molecule has 0 saturated heterocycles. The maximum Gasteiger partial charge on any atom is 0.408 e. The van der Waals surface area contributed by atoms with Gasteiger partial charge in [0.15, 0.2) is 0 Å². The van der Waals surface area contributed by atoms with E-state index >= 15 is 0 Å². The van der Waals surface area contributed by atoms with Crippen LogP contribution in [0.25, 0.3) is 0 Å². The number of carbonyl (C=O) groups excluding carboxylic acids is 1. The summed E-state index contributed by atoms with van der Waals surface area (Å²) >= 11 is 0. The molecule has 0 unspecified atom stereocenters. The van der Waals surface area contributed by atoms with Crippen molar-refractivity contribution in [2.75, 3.05) is 6.54 Å². The average Bonchev–Trinajstić information content (AvgIpc) is 2.68. The first-order valence-electron chi connectivity index (χ1n) is 7.68. The molecule has 0 aliphatic heterocycles. The predicted octanol–water partition coefficient (Wildman–Crippen LogP) is 2.37. The molecule has 24 heavy (non-hydrogen) atoms. The van der Waals surface area contributed by atoms with Crippen molar-refractivity contribution in [1.29, 1.82) is 0 Å². The lowest BCUT2D eigenvalue weighted by atomic mass is 10.1. The summed E-state index contributed by atoms with van der Waals surface area (Å²) in [6.07, 6.45) is -2.39. The van der Waals surface area contributed by atoms with Crippen molar-refractivity contribution in [3.63, 3.8) is 0 Å². The van der Waals surface area contributed by atoms with Gasteiger partial charge in [0.05, 0.1) is 12.1 Å². The molecular formula is C15H22F3N3O3. The third kappa shape index (κ3) is 7.01. The third-order valence-electron chi connectivity index (χ3n) is 3.59. The van der Waals surface area contributed by atoms with Crippen LogP contribution in [0.15, 0.2) is 0 Å². The number of carboxylic acid groups (broad SMARTS) is 1. The molecule has 0 radical (unpaired) electrons. The number of rotatable bonds is 9. The highest BCUT2D eigenvalue weighted by atomic mass is 19.4. The maximum atomic E-state index is 12.5. The molecule has 1 aromatic rings. The van der Waals surface area contributed by atoms with E-state index in [0.717, 1.165) is 4.68 Å². The standard InChI is InChI=1S/C15H22F3N3O3/c1-10-12(11(2)21(20-10)9-15(16,17)18)8-13(22)19-7-5-3-4-6-14(23)24/h3-9H2,1-2H3,(H,19,22)(H,23,24). The van der Waals surface area contributed by atoms with Gasteiger partial charge in [-0.25, -0.2) is 0 Å². The van der Waals surface area contributed by atoms with Crippen LogP contribution < -0.4 is 5.32 Å². The monoisotopic (exact) mass is 349 g/mol. The Labute approximate surface area is 138 Å². The van der Waals surface area contributed by atoms with Gasteiger partial charge in [-0.1, -0.05) is 6.42 Å². The fourth-order valence-electron chi connectivity index (χ4n) is 2.34. The van der Waals surface area contributed by atoms with E-state index in [0.29, 0.717) is 42.8 Å². The van der Waals surface area contributed by atoms with Gasteiger partial charge in [-0.15, -0.1) is 0 Å². The summed E-state index contributed by atoms with van der Waals surface area (Å²) in [6.45, 7) is 2.33. The summed E-state index contributed by atoms with van der Waals surface area (Å²) in [6, 6.07) is 0. The number of hydrogen-bond acceptors (Lipinski definition) is 3. The fourth-order valence-corrected chi connectivity index (χ4v) is 2.34. The quantitative estimate of drug-likeness (QED) is 0.671. The number of aromatic nitrogens is 2. The topological polar surface area (TPSA) is 84.2 Å². The third-order valence-corrected chi connectivity index (χ3v) is 3.59. The number of halogens is 3. The summed E-state index contributed by atoms with van der Waals surface area (Å²) in [7, 11) is 0. The van der Waals surface area contributed by atoms with Crippen LogP contribution in [-0.4, -0.2) is 39.5 Å². The van der Waals surface area contributed by atoms with Gasteiger partial charge in [0.2, 0.25) is 5.91 Å². The lowest BCUT2D eigenvalue weighted by Crippen LogP contribution is -2.26. The van der Waals surface area contributed by atoms with Crippen LogP contribution in [0.5, 0.6) is 0 Å². The normalized spacial score (nSPS) is 11.5. The summed E-state index contributed by atoms with van der Waals surface area (Å²) in [4.78, 5) is 22.2. The molecule has 9 heteroatoms. The number of aryl methyl sites for hydroxylation is 1. The van der Waals surface area contributed by atoms with Crippen LogP contribution in [-0.2, 0) is 22.6 Å². The van der Waals surface area contributed by atoms with Crippen molar-refractivity contribution >= 4 is 11.9 Å². The largest absolute Gasteiger partial charge is 0.481 e. The lowest BCUT2D eigenvalue weighted by Gasteiger charge is -2.09. The average molecular weight is 349 g/mol. The van der Waals surface area contributed by atoms with E-state index in [1.165, 1.54) is 6.92 Å². The zero-order chi connectivity index (χ0) is 18.3. The van der Waals surface area contributed by atoms with Gasteiger partial charge in [-0.2, -0.15) is 18.3 Å².